The van der Waals surface area contributed by atoms with Crippen molar-refractivity contribution in [1.29, 1.82) is 0 Å². The average Bonchev–Trinajstić information content (AvgIpc) is 2.83. The molecule has 37 heavy (non-hydrogen) atoms. The molecule has 12 heteroatoms. The van der Waals surface area contributed by atoms with E-state index < -0.39 is 42.7 Å². The standard InChI is InChI=1S/C25H32F2N2O6S2/c1-25(2,13-6-16-35-23-21(26)9-5-10-22(23)27)24(30)28-18-11-14-29(15-12-18)37(33,34)20-8-4-7-19(17-20)36(3,31)32/h4-5,7-10,17-18H,6,11-16H2,1-3H3,(H,28,30). The summed E-state index contributed by atoms with van der Waals surface area (Å²) in [4.78, 5) is 12.7. The van der Waals surface area contributed by atoms with Crippen LogP contribution in [0.3, 0.4) is 0 Å². The molecule has 0 unspecified atom stereocenters. The van der Waals surface area contributed by atoms with E-state index in [-0.39, 0.29) is 41.4 Å². The molecule has 0 aliphatic carbocycles. The van der Waals surface area contributed by atoms with E-state index in [0.717, 1.165) is 24.5 Å². The number of hydrogen-bond acceptors (Lipinski definition) is 6. The maximum Gasteiger partial charge on any atom is 0.243 e. The van der Waals surface area contributed by atoms with E-state index in [2.05, 4.69) is 5.32 Å². The number of carbonyl (C=O) groups excluding carboxylic acids is 1. The van der Waals surface area contributed by atoms with Gasteiger partial charge in [-0.15, -0.1) is 0 Å². The second-order valence-electron chi connectivity index (χ2n) is 9.79. The van der Waals surface area contributed by atoms with Gasteiger partial charge in [0.25, 0.3) is 0 Å². The Hall–Kier alpha value is -2.57. The normalized spacial score (nSPS) is 15.9. The average molecular weight is 559 g/mol. The van der Waals surface area contributed by atoms with Crippen LogP contribution >= 0.6 is 0 Å². The molecule has 1 heterocycles. The van der Waals surface area contributed by atoms with E-state index in [0.29, 0.717) is 25.7 Å². The number of rotatable bonds is 10. The summed E-state index contributed by atoms with van der Waals surface area (Å²) in [6.45, 7) is 3.93. The van der Waals surface area contributed by atoms with Gasteiger partial charge in [0.2, 0.25) is 15.9 Å². The van der Waals surface area contributed by atoms with Crippen LogP contribution < -0.4 is 10.1 Å². The molecule has 3 rings (SSSR count). The van der Waals surface area contributed by atoms with Gasteiger partial charge in [-0.2, -0.15) is 4.31 Å². The molecule has 1 N–H and O–H groups in total. The van der Waals surface area contributed by atoms with E-state index in [1.165, 1.54) is 28.6 Å². The number of amides is 1. The third-order valence-corrected chi connectivity index (χ3v) is 9.39. The summed E-state index contributed by atoms with van der Waals surface area (Å²) >= 11 is 0. The largest absolute Gasteiger partial charge is 0.488 e. The highest BCUT2D eigenvalue weighted by molar-refractivity contribution is 7.91. The first-order valence-electron chi connectivity index (χ1n) is 11.9. The number of piperidine rings is 1. The summed E-state index contributed by atoms with van der Waals surface area (Å²) < 4.78 is 83.5. The van der Waals surface area contributed by atoms with Gasteiger partial charge in [0.15, 0.2) is 27.2 Å². The number of nitrogens with one attached hydrogen (secondary N) is 1. The molecule has 0 aromatic heterocycles. The topological polar surface area (TPSA) is 110 Å². The van der Waals surface area contributed by atoms with Crippen molar-refractivity contribution in [2.75, 3.05) is 26.0 Å². The zero-order valence-electron chi connectivity index (χ0n) is 21.0. The Labute approximate surface area is 217 Å². The van der Waals surface area contributed by atoms with Gasteiger partial charge in [0.05, 0.1) is 16.4 Å². The smallest absolute Gasteiger partial charge is 0.243 e. The molecule has 0 spiro atoms. The minimum absolute atomic E-state index is 0.0470. The van der Waals surface area contributed by atoms with Crippen LogP contribution in [0.1, 0.15) is 39.5 Å². The number of carbonyl (C=O) groups is 1. The van der Waals surface area contributed by atoms with Crippen LogP contribution in [0.2, 0.25) is 0 Å². The van der Waals surface area contributed by atoms with Gasteiger partial charge in [0.1, 0.15) is 0 Å². The fourth-order valence-corrected chi connectivity index (χ4v) is 6.32. The Morgan fingerprint density at radius 3 is 2.19 bits per heavy atom. The number of benzene rings is 2. The zero-order valence-corrected chi connectivity index (χ0v) is 22.7. The van der Waals surface area contributed by atoms with Crippen LogP contribution in [0, 0.1) is 17.0 Å². The molecule has 0 atom stereocenters. The maximum atomic E-state index is 13.7. The first-order chi connectivity index (χ1) is 17.2. The van der Waals surface area contributed by atoms with Crippen LogP contribution in [0.4, 0.5) is 8.78 Å². The fourth-order valence-electron chi connectivity index (χ4n) is 4.06. The van der Waals surface area contributed by atoms with E-state index in [9.17, 15) is 30.4 Å². The number of halogens is 2. The zero-order chi connectivity index (χ0) is 27.4. The molecule has 1 fully saturated rings. The highest BCUT2D eigenvalue weighted by Gasteiger charge is 2.33. The predicted octanol–water partition coefficient (Wildman–Crippen LogP) is 3.52. The first kappa shape index (κ1) is 29.0. The van der Waals surface area contributed by atoms with Gasteiger partial charge in [-0.05, 0) is 56.0 Å². The van der Waals surface area contributed by atoms with Gasteiger partial charge in [0, 0.05) is 30.8 Å². The van der Waals surface area contributed by atoms with Gasteiger partial charge in [-0.1, -0.05) is 26.0 Å². The van der Waals surface area contributed by atoms with Crippen molar-refractivity contribution in [1.82, 2.24) is 9.62 Å². The van der Waals surface area contributed by atoms with E-state index >= 15 is 0 Å². The first-order valence-corrected chi connectivity index (χ1v) is 15.2. The molecule has 1 aliphatic rings. The minimum atomic E-state index is -3.88. The van der Waals surface area contributed by atoms with Crippen molar-refractivity contribution < 1.29 is 35.1 Å². The Kier molecular flexibility index (Phi) is 8.97. The monoisotopic (exact) mass is 558 g/mol. The lowest BCUT2D eigenvalue weighted by Crippen LogP contribution is -2.49. The Bertz CT molecular complexity index is 1320. The fraction of sp³-hybridized carbons (Fsp3) is 0.480. The van der Waals surface area contributed by atoms with Crippen LogP contribution in [0.5, 0.6) is 5.75 Å². The summed E-state index contributed by atoms with van der Waals surface area (Å²) in [7, 11) is -7.43. The van der Waals surface area contributed by atoms with Crippen molar-refractivity contribution >= 4 is 25.8 Å². The molecule has 204 valence electrons. The van der Waals surface area contributed by atoms with Crippen molar-refractivity contribution in [3.05, 3.63) is 54.1 Å². The Balaban J connectivity index is 1.50. The summed E-state index contributed by atoms with van der Waals surface area (Å²) in [5, 5.41) is 2.98. The lowest BCUT2D eigenvalue weighted by molar-refractivity contribution is -0.130. The highest BCUT2D eigenvalue weighted by Crippen LogP contribution is 2.27. The molecule has 1 aliphatic heterocycles. The van der Waals surface area contributed by atoms with Crippen LogP contribution in [0.25, 0.3) is 0 Å². The highest BCUT2D eigenvalue weighted by atomic mass is 32.2. The number of hydrogen-bond donors (Lipinski definition) is 1. The van der Waals surface area contributed by atoms with E-state index in [1.807, 2.05) is 0 Å². The van der Waals surface area contributed by atoms with Crippen LogP contribution in [-0.4, -0.2) is 59.0 Å². The number of nitrogens with zero attached hydrogens (tertiary/aromatic N) is 1. The number of ether oxygens (including phenoxy) is 1. The number of sulfone groups is 1. The molecule has 2 aromatic carbocycles. The molecule has 0 radical (unpaired) electrons. The molecule has 0 saturated carbocycles. The molecule has 8 nitrogen and oxygen atoms in total. The van der Waals surface area contributed by atoms with Crippen LogP contribution in [-0.2, 0) is 24.7 Å². The molecule has 0 bridgehead atoms. The Morgan fingerprint density at radius 2 is 1.59 bits per heavy atom. The SMILES string of the molecule is CC(C)(CCCOc1c(F)cccc1F)C(=O)NC1CCN(S(=O)(=O)c2cccc(S(C)(=O)=O)c2)CC1. The maximum absolute atomic E-state index is 13.7. The van der Waals surface area contributed by atoms with Gasteiger partial charge in [-0.25, -0.2) is 25.6 Å². The van der Waals surface area contributed by atoms with Crippen molar-refractivity contribution in [2.24, 2.45) is 5.41 Å². The number of sulfonamides is 1. The number of para-hydroxylation sites is 1. The molecule has 1 amide bonds. The summed E-state index contributed by atoms with van der Waals surface area (Å²) in [6.07, 6.45) is 2.64. The van der Waals surface area contributed by atoms with Gasteiger partial charge >= 0.3 is 0 Å². The predicted molar refractivity (Wildman–Crippen MR) is 134 cm³/mol. The second kappa shape index (κ2) is 11.4. The molecule has 1 saturated heterocycles. The summed E-state index contributed by atoms with van der Waals surface area (Å²) in [5.41, 5.74) is -0.771. The third-order valence-electron chi connectivity index (χ3n) is 6.39. The van der Waals surface area contributed by atoms with Crippen LogP contribution in [0.15, 0.2) is 52.3 Å². The van der Waals surface area contributed by atoms with E-state index in [1.54, 1.807) is 13.8 Å². The molecular weight excluding hydrogens is 526 g/mol. The van der Waals surface area contributed by atoms with Gasteiger partial charge < -0.3 is 10.1 Å². The lowest BCUT2D eigenvalue weighted by Gasteiger charge is -2.34. The van der Waals surface area contributed by atoms with E-state index in [4.69, 9.17) is 4.74 Å². The molecule has 2 aromatic rings. The van der Waals surface area contributed by atoms with Crippen molar-refractivity contribution in [3.8, 4) is 5.75 Å². The second-order valence-corrected chi connectivity index (χ2v) is 13.7. The summed E-state index contributed by atoms with van der Waals surface area (Å²) in [6, 6.07) is 8.53. The third kappa shape index (κ3) is 7.26. The van der Waals surface area contributed by atoms with Gasteiger partial charge in [-0.3, -0.25) is 4.79 Å². The van der Waals surface area contributed by atoms with Crippen molar-refractivity contribution in [2.45, 2.75) is 55.4 Å². The van der Waals surface area contributed by atoms with Crippen molar-refractivity contribution in [3.63, 3.8) is 0 Å². The molecular formula is C25H32F2N2O6S2. The minimum Gasteiger partial charge on any atom is -0.488 e. The Morgan fingerprint density at radius 1 is 1.03 bits per heavy atom. The lowest BCUT2D eigenvalue weighted by atomic mass is 9.86. The quantitative estimate of drug-likeness (QED) is 0.447. The summed E-state index contributed by atoms with van der Waals surface area (Å²) in [5.74, 6) is -2.21.